The summed E-state index contributed by atoms with van der Waals surface area (Å²) in [5.41, 5.74) is 0.463. The quantitative estimate of drug-likeness (QED) is 0.726. The summed E-state index contributed by atoms with van der Waals surface area (Å²) in [6, 6.07) is 6.18. The number of nitrogens with zero attached hydrogens (tertiary/aromatic N) is 1. The maximum atomic E-state index is 12.8. The van der Waals surface area contributed by atoms with Crippen molar-refractivity contribution in [2.24, 2.45) is 11.8 Å². The Morgan fingerprint density at radius 2 is 1.68 bits per heavy atom. The summed E-state index contributed by atoms with van der Waals surface area (Å²) in [5.74, 6) is 0.524. The first kappa shape index (κ1) is 21.9. The van der Waals surface area contributed by atoms with Crippen LogP contribution in [0.4, 0.5) is 0 Å². The first-order valence-corrected chi connectivity index (χ1v) is 9.81. The molecule has 1 aromatic carbocycles. The van der Waals surface area contributed by atoms with Gasteiger partial charge in [0.15, 0.2) is 0 Å². The summed E-state index contributed by atoms with van der Waals surface area (Å²) in [6.07, 6.45) is 1.05. The second-order valence-corrected chi connectivity index (χ2v) is 8.59. The van der Waals surface area contributed by atoms with E-state index >= 15 is 0 Å². The van der Waals surface area contributed by atoms with Crippen LogP contribution in [0.15, 0.2) is 29.2 Å². The van der Waals surface area contributed by atoms with E-state index in [0.717, 1.165) is 6.42 Å². The number of rotatable bonds is 6. The molecule has 2 atom stereocenters. The first-order valence-electron chi connectivity index (χ1n) is 8.37. The molecule has 25 heavy (non-hydrogen) atoms. The predicted molar refractivity (Wildman–Crippen MR) is 102 cm³/mol. The molecule has 0 aliphatic carbocycles. The minimum absolute atomic E-state index is 0. The molecule has 0 radical (unpaired) electrons. The molecule has 2 N–H and O–H groups in total. The van der Waals surface area contributed by atoms with Gasteiger partial charge in [0, 0.05) is 31.7 Å². The van der Waals surface area contributed by atoms with E-state index in [9.17, 15) is 13.2 Å². The third-order valence-electron chi connectivity index (χ3n) is 4.25. The lowest BCUT2D eigenvalue weighted by atomic mass is 9.94. The van der Waals surface area contributed by atoms with Crippen LogP contribution in [0.3, 0.4) is 0 Å². The van der Waals surface area contributed by atoms with Crippen LogP contribution in [-0.4, -0.2) is 51.9 Å². The summed E-state index contributed by atoms with van der Waals surface area (Å²) in [6.45, 7) is 6.48. The molecule has 1 aliphatic rings. The molecule has 1 heterocycles. The third kappa shape index (κ3) is 5.67. The molecule has 1 aromatic rings. The van der Waals surface area contributed by atoms with Gasteiger partial charge in [0.1, 0.15) is 0 Å². The lowest BCUT2D eigenvalue weighted by molar-refractivity contribution is 0.0954. The molecule has 6 nitrogen and oxygen atoms in total. The fourth-order valence-corrected chi connectivity index (χ4v) is 4.81. The Labute approximate surface area is 156 Å². The highest BCUT2D eigenvalue weighted by Crippen LogP contribution is 2.26. The molecule has 8 heteroatoms. The van der Waals surface area contributed by atoms with Crippen LogP contribution < -0.4 is 10.6 Å². The molecule has 0 saturated carbocycles. The summed E-state index contributed by atoms with van der Waals surface area (Å²) in [7, 11) is -1.69. The lowest BCUT2D eigenvalue weighted by Gasteiger charge is -2.34. The van der Waals surface area contributed by atoms with Crippen molar-refractivity contribution in [3.05, 3.63) is 29.8 Å². The van der Waals surface area contributed by atoms with Gasteiger partial charge in [0.2, 0.25) is 10.0 Å². The van der Waals surface area contributed by atoms with Crippen molar-refractivity contribution in [3.8, 4) is 0 Å². The van der Waals surface area contributed by atoms with Crippen LogP contribution >= 0.6 is 12.4 Å². The second kappa shape index (κ2) is 9.52. The number of halogens is 1. The standard InChI is InChI=1S/C17H27N3O3S.ClH/c1-13-10-14(2)12-20(11-13)24(22,23)16-6-4-15(5-7-16)17(21)19-9-8-18-3;/h4-7,13-14,18H,8-12H2,1-3H3,(H,19,21);1H. The third-order valence-corrected chi connectivity index (χ3v) is 6.10. The lowest BCUT2D eigenvalue weighted by Crippen LogP contribution is -2.42. The Morgan fingerprint density at radius 1 is 1.12 bits per heavy atom. The normalized spacial score (nSPS) is 21.4. The molecule has 2 rings (SSSR count). The SMILES string of the molecule is CNCCNC(=O)c1ccc(S(=O)(=O)N2CC(C)CC(C)C2)cc1.Cl. The van der Waals surface area contributed by atoms with Gasteiger partial charge < -0.3 is 10.6 Å². The number of carbonyl (C=O) groups excluding carboxylic acids is 1. The summed E-state index contributed by atoms with van der Waals surface area (Å²) in [5, 5.41) is 5.72. The van der Waals surface area contributed by atoms with E-state index in [1.54, 1.807) is 16.4 Å². The number of sulfonamides is 1. The minimum atomic E-state index is -3.50. The average molecular weight is 390 g/mol. The molecule has 1 fully saturated rings. The van der Waals surface area contributed by atoms with E-state index in [1.807, 2.05) is 7.05 Å². The number of benzene rings is 1. The second-order valence-electron chi connectivity index (χ2n) is 6.65. The highest BCUT2D eigenvalue weighted by atomic mass is 35.5. The van der Waals surface area contributed by atoms with E-state index in [0.29, 0.717) is 43.6 Å². The summed E-state index contributed by atoms with van der Waals surface area (Å²) < 4.78 is 27.1. The molecular formula is C17H28ClN3O3S. The van der Waals surface area contributed by atoms with Gasteiger partial charge in [0.05, 0.1) is 4.90 Å². The van der Waals surface area contributed by atoms with Gasteiger partial charge in [-0.2, -0.15) is 4.31 Å². The largest absolute Gasteiger partial charge is 0.351 e. The Morgan fingerprint density at radius 3 is 2.20 bits per heavy atom. The first-order chi connectivity index (χ1) is 11.3. The number of piperidine rings is 1. The number of amides is 1. The predicted octanol–water partition coefficient (Wildman–Crippen LogP) is 1.72. The number of nitrogens with one attached hydrogen (secondary N) is 2. The van der Waals surface area contributed by atoms with E-state index in [2.05, 4.69) is 24.5 Å². The van der Waals surface area contributed by atoms with E-state index in [4.69, 9.17) is 0 Å². The minimum Gasteiger partial charge on any atom is -0.351 e. The van der Waals surface area contributed by atoms with Crippen molar-refractivity contribution in [3.63, 3.8) is 0 Å². The molecule has 0 spiro atoms. The zero-order valence-corrected chi connectivity index (χ0v) is 16.6. The van der Waals surface area contributed by atoms with Crippen LogP contribution in [-0.2, 0) is 10.0 Å². The number of likely N-dealkylation sites (N-methyl/N-ethyl adjacent to an activating group) is 1. The molecule has 2 unspecified atom stereocenters. The zero-order chi connectivity index (χ0) is 17.7. The molecule has 1 amide bonds. The Balaban J connectivity index is 0.00000312. The van der Waals surface area contributed by atoms with E-state index < -0.39 is 10.0 Å². The summed E-state index contributed by atoms with van der Waals surface area (Å²) in [4.78, 5) is 12.2. The van der Waals surface area contributed by atoms with Crippen LogP contribution in [0.25, 0.3) is 0 Å². The van der Waals surface area contributed by atoms with E-state index in [-0.39, 0.29) is 23.2 Å². The average Bonchev–Trinajstić information content (AvgIpc) is 2.54. The fourth-order valence-electron chi connectivity index (χ4n) is 3.13. The van der Waals surface area contributed by atoms with Gasteiger partial charge in [-0.15, -0.1) is 12.4 Å². The monoisotopic (exact) mass is 389 g/mol. The Bertz CT molecular complexity index is 654. The topological polar surface area (TPSA) is 78.5 Å². The molecule has 0 aromatic heterocycles. The summed E-state index contributed by atoms with van der Waals surface area (Å²) >= 11 is 0. The molecule has 1 aliphatic heterocycles. The van der Waals surface area contributed by atoms with Crippen molar-refractivity contribution in [2.75, 3.05) is 33.2 Å². The Kier molecular flexibility index (Phi) is 8.34. The van der Waals surface area contributed by atoms with Gasteiger partial charge in [-0.1, -0.05) is 13.8 Å². The van der Waals surface area contributed by atoms with Crippen molar-refractivity contribution in [2.45, 2.75) is 25.2 Å². The maximum Gasteiger partial charge on any atom is 0.251 e. The van der Waals surface area contributed by atoms with Gasteiger partial charge in [-0.05, 0) is 49.6 Å². The smallest absolute Gasteiger partial charge is 0.251 e. The van der Waals surface area contributed by atoms with Crippen LogP contribution in [0, 0.1) is 11.8 Å². The molecular weight excluding hydrogens is 362 g/mol. The maximum absolute atomic E-state index is 12.8. The van der Waals surface area contributed by atoms with Gasteiger partial charge in [-0.3, -0.25) is 4.79 Å². The van der Waals surface area contributed by atoms with Gasteiger partial charge in [-0.25, -0.2) is 8.42 Å². The highest BCUT2D eigenvalue weighted by Gasteiger charge is 2.31. The van der Waals surface area contributed by atoms with Crippen molar-refractivity contribution in [1.29, 1.82) is 0 Å². The number of hydrogen-bond donors (Lipinski definition) is 2. The van der Waals surface area contributed by atoms with Gasteiger partial charge >= 0.3 is 0 Å². The van der Waals surface area contributed by atoms with Crippen molar-refractivity contribution >= 4 is 28.3 Å². The zero-order valence-electron chi connectivity index (χ0n) is 15.0. The molecule has 0 bridgehead atoms. The molecule has 1 saturated heterocycles. The number of carbonyl (C=O) groups is 1. The van der Waals surface area contributed by atoms with Gasteiger partial charge in [0.25, 0.3) is 5.91 Å². The highest BCUT2D eigenvalue weighted by molar-refractivity contribution is 7.89. The van der Waals surface area contributed by atoms with Crippen molar-refractivity contribution < 1.29 is 13.2 Å². The van der Waals surface area contributed by atoms with Crippen LogP contribution in [0.1, 0.15) is 30.6 Å². The Hall–Kier alpha value is -1.15. The fraction of sp³-hybridized carbons (Fsp3) is 0.588. The molecule has 142 valence electrons. The number of hydrogen-bond acceptors (Lipinski definition) is 4. The van der Waals surface area contributed by atoms with Crippen LogP contribution in [0.5, 0.6) is 0 Å². The van der Waals surface area contributed by atoms with Crippen LogP contribution in [0.2, 0.25) is 0 Å². The van der Waals surface area contributed by atoms with E-state index in [1.165, 1.54) is 12.1 Å². The van der Waals surface area contributed by atoms with Crippen molar-refractivity contribution in [1.82, 2.24) is 14.9 Å².